The van der Waals surface area contributed by atoms with Crippen LogP contribution in [0.3, 0.4) is 0 Å². The van der Waals surface area contributed by atoms with Gasteiger partial charge in [0.2, 0.25) is 0 Å². The Morgan fingerprint density at radius 2 is 2.20 bits per heavy atom. The van der Waals surface area contributed by atoms with E-state index in [1.165, 1.54) is 0 Å². The second-order valence-corrected chi connectivity index (χ2v) is 7.57. The Balaban J connectivity index is 1.74. The lowest BCUT2D eigenvalue weighted by molar-refractivity contribution is 0.0894. The van der Waals surface area contributed by atoms with Crippen LogP contribution in [0.5, 0.6) is 0 Å². The van der Waals surface area contributed by atoms with Gasteiger partial charge in [0.25, 0.3) is 5.91 Å². The molecule has 1 aliphatic rings. The van der Waals surface area contributed by atoms with Gasteiger partial charge in [0.05, 0.1) is 16.1 Å². The lowest BCUT2D eigenvalue weighted by atomic mass is 9.81. The molecule has 3 rings (SSSR count). The van der Waals surface area contributed by atoms with Gasteiger partial charge >= 0.3 is 0 Å². The summed E-state index contributed by atoms with van der Waals surface area (Å²) < 4.78 is 15.7. The highest BCUT2D eigenvalue weighted by molar-refractivity contribution is 6.34. The number of carbonyl (C=O) groups is 1. The van der Waals surface area contributed by atoms with Gasteiger partial charge in [-0.15, -0.1) is 0 Å². The summed E-state index contributed by atoms with van der Waals surface area (Å²) in [6.07, 6.45) is 4.98. The molecule has 6 heteroatoms. The number of aliphatic hydroxyl groups excluding tert-OH is 1. The Bertz CT molecular complexity index is 762. The number of nitrogens with zero attached hydrogens (tertiary/aromatic N) is 1. The number of rotatable bonds is 5. The third kappa shape index (κ3) is 3.98. The number of halogens is 2. The van der Waals surface area contributed by atoms with Crippen molar-refractivity contribution in [1.82, 2.24) is 9.72 Å². The summed E-state index contributed by atoms with van der Waals surface area (Å²) in [5, 5.41) is 12.7. The number of pyridine rings is 1. The zero-order chi connectivity index (χ0) is 18.0. The van der Waals surface area contributed by atoms with Crippen LogP contribution < -0.4 is 5.32 Å². The molecule has 2 N–H and O–H groups in total. The van der Waals surface area contributed by atoms with Crippen LogP contribution in [0.4, 0.5) is 4.39 Å². The van der Waals surface area contributed by atoms with Gasteiger partial charge in [-0.25, -0.2) is 4.39 Å². The minimum absolute atomic E-state index is 0.00373. The molecule has 1 saturated carbocycles. The number of hydrogen-bond acceptors (Lipinski definition) is 2. The van der Waals surface area contributed by atoms with Crippen LogP contribution in [0.15, 0.2) is 24.4 Å². The Hall–Kier alpha value is -1.59. The van der Waals surface area contributed by atoms with Crippen molar-refractivity contribution in [3.05, 3.63) is 40.7 Å². The van der Waals surface area contributed by atoms with Crippen molar-refractivity contribution < 1.29 is 14.3 Å². The number of fused-ring (bicyclic) bond motifs is 1. The van der Waals surface area contributed by atoms with Gasteiger partial charge in [-0.05, 0) is 56.7 Å². The number of amides is 1. The zero-order valence-electron chi connectivity index (χ0n) is 14.4. The Morgan fingerprint density at radius 1 is 1.48 bits per heavy atom. The van der Waals surface area contributed by atoms with Crippen molar-refractivity contribution in [2.24, 2.45) is 5.92 Å². The summed E-state index contributed by atoms with van der Waals surface area (Å²) in [7, 11) is 0. The van der Waals surface area contributed by atoms with Crippen molar-refractivity contribution in [2.45, 2.75) is 44.7 Å². The van der Waals surface area contributed by atoms with Crippen LogP contribution in [0.2, 0.25) is 5.02 Å². The summed E-state index contributed by atoms with van der Waals surface area (Å²) >= 11 is 6.30. The largest absolute Gasteiger partial charge is 0.396 e. The summed E-state index contributed by atoms with van der Waals surface area (Å²) in [5.74, 6) is 0.136. The van der Waals surface area contributed by atoms with Gasteiger partial charge in [0.15, 0.2) is 0 Å². The molecule has 4 nitrogen and oxygen atoms in total. The number of hydrogen-bond donors (Lipinski definition) is 2. The molecule has 2 aromatic rings. The fourth-order valence-electron chi connectivity index (χ4n) is 3.58. The molecule has 136 valence electrons. The third-order valence-electron chi connectivity index (χ3n) is 5.13. The summed E-state index contributed by atoms with van der Waals surface area (Å²) in [6, 6.07) is 5.35. The standard InChI is InChI=1S/C19H24ClFN2O2/c1-19(21)7-4-13(5-8-19)12-22-18(25)15-11-14(6-10-24)23-9-2-3-16(20)17(15)23/h2-3,9,11,13,24H,4-8,10,12H2,1H3,(H,22,25). The second-order valence-electron chi connectivity index (χ2n) is 7.16. The molecule has 0 aliphatic heterocycles. The molecule has 0 saturated heterocycles. The fraction of sp³-hybridized carbons (Fsp3) is 0.526. The second kappa shape index (κ2) is 7.34. The molecule has 0 spiro atoms. The first kappa shape index (κ1) is 18.2. The van der Waals surface area contributed by atoms with E-state index in [1.807, 2.05) is 16.7 Å². The molecule has 2 heterocycles. The number of aliphatic hydroxyl groups is 1. The minimum atomic E-state index is -1.06. The van der Waals surface area contributed by atoms with Gasteiger partial charge in [-0.1, -0.05) is 11.6 Å². The predicted molar refractivity (Wildman–Crippen MR) is 97.0 cm³/mol. The molecule has 2 aromatic heterocycles. The highest BCUT2D eigenvalue weighted by atomic mass is 35.5. The van der Waals surface area contributed by atoms with Gasteiger partial charge in [-0.2, -0.15) is 0 Å². The molecule has 1 aliphatic carbocycles. The van der Waals surface area contributed by atoms with Crippen LogP contribution >= 0.6 is 11.6 Å². The van der Waals surface area contributed by atoms with Crippen LogP contribution in [0.1, 0.15) is 48.7 Å². The lowest BCUT2D eigenvalue weighted by Crippen LogP contribution is -2.34. The highest BCUT2D eigenvalue weighted by Crippen LogP contribution is 2.34. The monoisotopic (exact) mass is 366 g/mol. The lowest BCUT2D eigenvalue weighted by Gasteiger charge is -2.31. The molecule has 0 bridgehead atoms. The summed E-state index contributed by atoms with van der Waals surface area (Å²) in [4.78, 5) is 12.7. The average molecular weight is 367 g/mol. The van der Waals surface area contributed by atoms with Crippen molar-refractivity contribution >= 4 is 23.0 Å². The van der Waals surface area contributed by atoms with Crippen LogP contribution in [-0.2, 0) is 6.42 Å². The minimum Gasteiger partial charge on any atom is -0.396 e. The van der Waals surface area contributed by atoms with Crippen molar-refractivity contribution in [2.75, 3.05) is 13.2 Å². The predicted octanol–water partition coefficient (Wildman–Crippen LogP) is 3.78. The van der Waals surface area contributed by atoms with Crippen molar-refractivity contribution in [3.63, 3.8) is 0 Å². The van der Waals surface area contributed by atoms with E-state index >= 15 is 0 Å². The van der Waals surface area contributed by atoms with Gasteiger partial charge in [-0.3, -0.25) is 4.79 Å². The maximum absolute atomic E-state index is 13.9. The maximum Gasteiger partial charge on any atom is 0.253 e. The van der Waals surface area contributed by atoms with Crippen molar-refractivity contribution in [1.29, 1.82) is 0 Å². The third-order valence-corrected chi connectivity index (χ3v) is 5.44. The smallest absolute Gasteiger partial charge is 0.253 e. The van der Waals surface area contributed by atoms with E-state index in [1.54, 1.807) is 19.1 Å². The van der Waals surface area contributed by atoms with E-state index in [4.69, 9.17) is 11.6 Å². The van der Waals surface area contributed by atoms with Gasteiger partial charge in [0.1, 0.15) is 5.67 Å². The van der Waals surface area contributed by atoms with Crippen LogP contribution in [0.25, 0.3) is 5.52 Å². The van der Waals surface area contributed by atoms with E-state index in [-0.39, 0.29) is 12.5 Å². The van der Waals surface area contributed by atoms with E-state index in [9.17, 15) is 14.3 Å². The number of carbonyl (C=O) groups excluding carboxylic acids is 1. The maximum atomic E-state index is 13.9. The zero-order valence-corrected chi connectivity index (χ0v) is 15.2. The van der Waals surface area contributed by atoms with E-state index in [0.29, 0.717) is 47.8 Å². The average Bonchev–Trinajstić information content (AvgIpc) is 2.94. The number of nitrogens with one attached hydrogen (secondary N) is 1. The highest BCUT2D eigenvalue weighted by Gasteiger charge is 2.30. The van der Waals surface area contributed by atoms with Gasteiger partial charge in [0, 0.05) is 31.5 Å². The Kier molecular flexibility index (Phi) is 5.35. The van der Waals surface area contributed by atoms with Crippen molar-refractivity contribution in [3.8, 4) is 0 Å². The first-order valence-corrected chi connectivity index (χ1v) is 9.15. The SMILES string of the molecule is CC1(F)CCC(CNC(=O)c2cc(CCO)n3cccc(Cl)c23)CC1. The molecule has 25 heavy (non-hydrogen) atoms. The summed E-state index contributed by atoms with van der Waals surface area (Å²) in [5.41, 5.74) is 0.951. The van der Waals surface area contributed by atoms with E-state index in [2.05, 4.69) is 5.32 Å². The molecule has 1 amide bonds. The van der Waals surface area contributed by atoms with Crippen LogP contribution in [-0.4, -0.2) is 34.2 Å². The molecular weight excluding hydrogens is 343 g/mol. The molecule has 0 radical (unpaired) electrons. The molecular formula is C19H24ClFN2O2. The molecule has 1 fully saturated rings. The molecule has 0 atom stereocenters. The van der Waals surface area contributed by atoms with Gasteiger partial charge < -0.3 is 14.8 Å². The quantitative estimate of drug-likeness (QED) is 0.846. The number of alkyl halides is 1. The first-order valence-electron chi connectivity index (χ1n) is 8.78. The molecule has 0 unspecified atom stereocenters. The molecule has 0 aromatic carbocycles. The summed E-state index contributed by atoms with van der Waals surface area (Å²) in [6.45, 7) is 2.20. The van der Waals surface area contributed by atoms with E-state index in [0.717, 1.165) is 18.5 Å². The normalized spacial score (nSPS) is 23.8. The Morgan fingerprint density at radius 3 is 2.88 bits per heavy atom. The first-order chi connectivity index (χ1) is 11.9. The Labute approximate surface area is 152 Å². The van der Waals surface area contributed by atoms with Crippen LogP contribution in [0, 0.1) is 5.92 Å². The fourth-order valence-corrected chi connectivity index (χ4v) is 3.85. The van der Waals surface area contributed by atoms with E-state index < -0.39 is 5.67 Å². The number of aromatic nitrogens is 1. The topological polar surface area (TPSA) is 53.7 Å².